The molecule has 0 unspecified atom stereocenters. The highest BCUT2D eigenvalue weighted by molar-refractivity contribution is 6.23. The molecule has 340 valence electrons. The number of nitrogens with zero attached hydrogens (tertiary/aromatic N) is 2. The van der Waals surface area contributed by atoms with Crippen molar-refractivity contribution in [3.63, 3.8) is 0 Å². The molecular formula is C70H50N2. The van der Waals surface area contributed by atoms with Gasteiger partial charge in [-0.05, 0) is 180 Å². The van der Waals surface area contributed by atoms with E-state index in [-0.39, 0.29) is 0 Å². The summed E-state index contributed by atoms with van der Waals surface area (Å²) in [5.41, 5.74) is 18.9. The Labute approximate surface area is 421 Å². The molecule has 12 aromatic rings. The van der Waals surface area contributed by atoms with Crippen molar-refractivity contribution >= 4 is 72.5 Å². The first-order chi connectivity index (χ1) is 35.7. The summed E-state index contributed by atoms with van der Waals surface area (Å²) in [6.07, 6.45) is 6.66. The highest BCUT2D eigenvalue weighted by Crippen LogP contribution is 2.49. The van der Waals surface area contributed by atoms with Crippen LogP contribution in [0.5, 0.6) is 0 Å². The van der Waals surface area contributed by atoms with E-state index in [1.54, 1.807) is 0 Å². The second-order valence-electron chi connectivity index (χ2n) is 18.8. The highest BCUT2D eigenvalue weighted by Gasteiger charge is 2.23. The summed E-state index contributed by atoms with van der Waals surface area (Å²) in [7, 11) is 0. The molecule has 0 atom stereocenters. The van der Waals surface area contributed by atoms with Gasteiger partial charge in [0, 0.05) is 34.1 Å². The van der Waals surface area contributed by atoms with Crippen LogP contribution in [0, 0.1) is 0 Å². The van der Waals surface area contributed by atoms with Gasteiger partial charge in [-0.25, -0.2) is 0 Å². The van der Waals surface area contributed by atoms with Crippen molar-refractivity contribution in [3.8, 4) is 44.5 Å². The van der Waals surface area contributed by atoms with Gasteiger partial charge in [0.1, 0.15) is 0 Å². The molecule has 0 radical (unpaired) electrons. The molecular weight excluding hydrogens is 869 g/mol. The molecule has 0 saturated heterocycles. The number of fused-ring (bicyclic) bond motifs is 4. The minimum absolute atomic E-state index is 1.02. The van der Waals surface area contributed by atoms with Gasteiger partial charge in [0.2, 0.25) is 0 Å². The number of hydrogen-bond donors (Lipinski definition) is 0. The third kappa shape index (κ3) is 7.99. The normalized spacial score (nSPS) is 12.0. The summed E-state index contributed by atoms with van der Waals surface area (Å²) in [6.45, 7) is 0. The first-order valence-corrected chi connectivity index (χ1v) is 25.0. The maximum absolute atomic E-state index is 2.46. The van der Waals surface area contributed by atoms with Crippen LogP contribution in [-0.2, 0) is 6.42 Å². The van der Waals surface area contributed by atoms with Gasteiger partial charge in [0.05, 0.1) is 0 Å². The van der Waals surface area contributed by atoms with Gasteiger partial charge in [-0.15, -0.1) is 0 Å². The van der Waals surface area contributed by atoms with Gasteiger partial charge in [-0.2, -0.15) is 0 Å². The fourth-order valence-corrected chi connectivity index (χ4v) is 11.0. The van der Waals surface area contributed by atoms with Crippen molar-refractivity contribution in [2.24, 2.45) is 0 Å². The predicted octanol–water partition coefficient (Wildman–Crippen LogP) is 19.7. The van der Waals surface area contributed by atoms with E-state index in [4.69, 9.17) is 0 Å². The fraction of sp³-hybridized carbons (Fsp3) is 0.0286. The van der Waals surface area contributed by atoms with Crippen LogP contribution < -0.4 is 9.80 Å². The Bertz CT molecular complexity index is 3940. The van der Waals surface area contributed by atoms with Crippen LogP contribution in [-0.4, -0.2) is 0 Å². The van der Waals surface area contributed by atoms with E-state index in [9.17, 15) is 0 Å². The van der Waals surface area contributed by atoms with Crippen molar-refractivity contribution in [2.45, 2.75) is 12.8 Å². The molecule has 2 heteroatoms. The van der Waals surface area contributed by atoms with Crippen molar-refractivity contribution in [1.82, 2.24) is 0 Å². The summed E-state index contributed by atoms with van der Waals surface area (Å²) in [5.74, 6) is 0. The molecule has 0 saturated carbocycles. The van der Waals surface area contributed by atoms with E-state index in [1.807, 2.05) is 0 Å². The van der Waals surface area contributed by atoms with Crippen molar-refractivity contribution < 1.29 is 0 Å². The van der Waals surface area contributed by atoms with E-state index >= 15 is 0 Å². The molecule has 0 aromatic heterocycles. The lowest BCUT2D eigenvalue weighted by Gasteiger charge is -2.28. The second kappa shape index (κ2) is 18.6. The molecule has 13 rings (SSSR count). The number of benzene rings is 12. The van der Waals surface area contributed by atoms with Crippen LogP contribution >= 0.6 is 0 Å². The molecule has 0 N–H and O–H groups in total. The summed E-state index contributed by atoms with van der Waals surface area (Å²) in [4.78, 5) is 4.80. The topological polar surface area (TPSA) is 6.48 Å². The van der Waals surface area contributed by atoms with Gasteiger partial charge >= 0.3 is 0 Å². The molecule has 1 aliphatic rings. The largest absolute Gasteiger partial charge is 0.310 e. The Morgan fingerprint density at radius 3 is 1.19 bits per heavy atom. The molecule has 1 aliphatic carbocycles. The standard InChI is InChI=1S/C70H50N2/c1-5-17-49(18-6-1)53-33-37-61(38-34-53)71(59-25-9-3-10-26-59)63-41-43-65-67(47-63)69(57-31-29-51-21-13-15-23-55(51)45-57)66-44-42-64(48-68(66)70(65)58-32-30-52-22-14-16-24-56(52)46-58)72(60-27-11-4-12-28-60)62-39-35-54(36-40-62)50-19-7-2-8-20-50/h1-15,17-23,25-48H,16,24H2. The van der Waals surface area contributed by atoms with Crippen LogP contribution in [0.1, 0.15) is 17.5 Å². The van der Waals surface area contributed by atoms with Crippen LogP contribution in [0.2, 0.25) is 0 Å². The van der Waals surface area contributed by atoms with Gasteiger partial charge in [0.15, 0.2) is 0 Å². The lowest BCUT2D eigenvalue weighted by molar-refractivity contribution is 0.986. The Morgan fingerprint density at radius 2 is 0.667 bits per heavy atom. The quantitative estimate of drug-likeness (QED) is 0.126. The van der Waals surface area contributed by atoms with Gasteiger partial charge in [0.25, 0.3) is 0 Å². The zero-order valence-electron chi connectivity index (χ0n) is 39.9. The molecule has 72 heavy (non-hydrogen) atoms. The second-order valence-corrected chi connectivity index (χ2v) is 18.8. The number of anilines is 6. The lowest BCUT2D eigenvalue weighted by Crippen LogP contribution is -2.10. The van der Waals surface area contributed by atoms with Crippen LogP contribution in [0.4, 0.5) is 34.1 Å². The molecule has 0 spiro atoms. The Kier molecular flexibility index (Phi) is 11.1. The Balaban J connectivity index is 1.08. The molecule has 0 bridgehead atoms. The van der Waals surface area contributed by atoms with E-state index < -0.39 is 0 Å². The van der Waals surface area contributed by atoms with E-state index in [0.717, 1.165) is 47.0 Å². The summed E-state index contributed by atoms with van der Waals surface area (Å²) in [6, 6.07) is 98.0. The number of rotatable bonds is 10. The lowest BCUT2D eigenvalue weighted by atomic mass is 9.83. The Morgan fingerprint density at radius 1 is 0.264 bits per heavy atom. The number of aryl methyl sites for hydroxylation is 1. The number of para-hydroxylation sites is 2. The maximum atomic E-state index is 2.46. The van der Waals surface area contributed by atoms with Gasteiger partial charge in [-0.3, -0.25) is 0 Å². The van der Waals surface area contributed by atoms with Crippen LogP contribution in [0.15, 0.2) is 273 Å². The average Bonchev–Trinajstić information content (AvgIpc) is 3.46. The third-order valence-corrected chi connectivity index (χ3v) is 14.4. The zero-order chi connectivity index (χ0) is 47.8. The van der Waals surface area contributed by atoms with Crippen LogP contribution in [0.25, 0.3) is 82.9 Å². The minimum Gasteiger partial charge on any atom is -0.310 e. The number of hydrogen-bond acceptors (Lipinski definition) is 2. The van der Waals surface area contributed by atoms with Crippen LogP contribution in [0.3, 0.4) is 0 Å². The average molecular weight is 919 g/mol. The summed E-state index contributed by atoms with van der Waals surface area (Å²) < 4.78 is 0. The smallest absolute Gasteiger partial charge is 0.0468 e. The first kappa shape index (κ1) is 42.8. The molecule has 0 amide bonds. The zero-order valence-corrected chi connectivity index (χ0v) is 39.9. The van der Waals surface area contributed by atoms with Crippen molar-refractivity contribution in [3.05, 3.63) is 284 Å². The monoisotopic (exact) mass is 918 g/mol. The molecule has 0 fully saturated rings. The maximum Gasteiger partial charge on any atom is 0.0468 e. The summed E-state index contributed by atoms with van der Waals surface area (Å²) in [5, 5.41) is 7.27. The van der Waals surface area contributed by atoms with Crippen molar-refractivity contribution in [1.29, 1.82) is 0 Å². The molecule has 2 nitrogen and oxygen atoms in total. The molecule has 0 heterocycles. The van der Waals surface area contributed by atoms with E-state index in [0.29, 0.717) is 0 Å². The number of allylic oxidation sites excluding steroid dienone is 1. The van der Waals surface area contributed by atoms with Gasteiger partial charge in [-0.1, -0.05) is 200 Å². The first-order valence-electron chi connectivity index (χ1n) is 25.0. The van der Waals surface area contributed by atoms with E-state index in [1.165, 1.54) is 88.0 Å². The Hall–Kier alpha value is -9.24. The fourth-order valence-electron chi connectivity index (χ4n) is 11.0. The van der Waals surface area contributed by atoms with Gasteiger partial charge < -0.3 is 9.80 Å². The molecule has 0 aliphatic heterocycles. The molecule has 12 aromatic carbocycles. The van der Waals surface area contributed by atoms with E-state index in [2.05, 4.69) is 289 Å². The SMILES string of the molecule is C1=Cc2ccc(-c3c4ccc(N(c5ccccc5)c5ccc(-c6ccccc6)cc5)cc4c(-c4ccc5ccccc5c4)c4ccc(N(c5ccccc5)c5ccc(-c6ccccc6)cc5)cc34)cc2CC1. The predicted molar refractivity (Wildman–Crippen MR) is 307 cm³/mol. The highest BCUT2D eigenvalue weighted by atomic mass is 15.1. The van der Waals surface area contributed by atoms with Crippen molar-refractivity contribution in [2.75, 3.05) is 9.80 Å². The summed E-state index contributed by atoms with van der Waals surface area (Å²) >= 11 is 0. The minimum atomic E-state index is 1.02. The third-order valence-electron chi connectivity index (χ3n) is 14.4.